The largest absolute Gasteiger partial charge is 0.488 e. The van der Waals surface area contributed by atoms with Crippen LogP contribution >= 0.6 is 12.4 Å². The van der Waals surface area contributed by atoms with Crippen molar-refractivity contribution in [2.24, 2.45) is 5.73 Å². The summed E-state index contributed by atoms with van der Waals surface area (Å²) in [4.78, 5) is 0. The molecule has 0 aromatic heterocycles. The Hall–Kier alpha value is -0.770. The lowest BCUT2D eigenvalue weighted by molar-refractivity contribution is 0.131. The summed E-state index contributed by atoms with van der Waals surface area (Å²) in [5.74, 6) is 0.840. The number of halogens is 1. The summed E-state index contributed by atoms with van der Waals surface area (Å²) in [6, 6.07) is 7.62. The van der Waals surface area contributed by atoms with E-state index in [0.717, 1.165) is 11.3 Å². The zero-order valence-electron chi connectivity index (χ0n) is 10.6. The number of rotatable bonds is 4. The van der Waals surface area contributed by atoms with E-state index in [4.69, 9.17) is 15.6 Å². The van der Waals surface area contributed by atoms with Crippen molar-refractivity contribution < 1.29 is 9.84 Å². The molecule has 0 bridgehead atoms. The number of benzene rings is 1. The van der Waals surface area contributed by atoms with Gasteiger partial charge in [-0.05, 0) is 44.9 Å². The Morgan fingerprint density at radius 2 is 1.76 bits per heavy atom. The van der Waals surface area contributed by atoms with E-state index < -0.39 is 0 Å². The molecule has 0 saturated carbocycles. The molecule has 1 aromatic rings. The van der Waals surface area contributed by atoms with Gasteiger partial charge in [0.1, 0.15) is 11.4 Å². The molecule has 0 aliphatic rings. The van der Waals surface area contributed by atoms with E-state index in [1.165, 1.54) is 0 Å². The highest BCUT2D eigenvalue weighted by Crippen LogP contribution is 2.21. The molecule has 1 unspecified atom stereocenters. The first kappa shape index (κ1) is 16.2. The van der Waals surface area contributed by atoms with E-state index >= 15 is 0 Å². The Bertz CT molecular complexity index is 319. The number of hydrogen-bond donors (Lipinski definition) is 2. The lowest BCUT2D eigenvalue weighted by Gasteiger charge is -2.21. The standard InChI is InChI=1S/C13H21NO2.ClH/c1-13(2,3)16-11-6-4-10(5-7-11)12(14)8-9-15;/h4-7,12,15H,8-9,14H2,1-3H3;1H. The van der Waals surface area contributed by atoms with E-state index in [1.807, 2.05) is 45.0 Å². The topological polar surface area (TPSA) is 55.5 Å². The average Bonchev–Trinajstić information content (AvgIpc) is 2.16. The van der Waals surface area contributed by atoms with Gasteiger partial charge in [0.05, 0.1) is 0 Å². The van der Waals surface area contributed by atoms with Gasteiger partial charge in [-0.3, -0.25) is 0 Å². The molecule has 3 N–H and O–H groups in total. The average molecular weight is 260 g/mol. The number of ether oxygens (including phenoxy) is 1. The molecule has 1 rings (SSSR count). The summed E-state index contributed by atoms with van der Waals surface area (Å²) in [7, 11) is 0. The van der Waals surface area contributed by atoms with Crippen molar-refractivity contribution in [2.45, 2.75) is 38.8 Å². The van der Waals surface area contributed by atoms with Crippen LogP contribution in [0.3, 0.4) is 0 Å². The highest BCUT2D eigenvalue weighted by molar-refractivity contribution is 5.85. The van der Waals surface area contributed by atoms with Crippen molar-refractivity contribution >= 4 is 12.4 Å². The minimum atomic E-state index is -0.186. The Morgan fingerprint density at radius 3 is 2.18 bits per heavy atom. The van der Waals surface area contributed by atoms with Crippen LogP contribution in [0.1, 0.15) is 38.8 Å². The van der Waals surface area contributed by atoms with Crippen LogP contribution in [0.2, 0.25) is 0 Å². The highest BCUT2D eigenvalue weighted by Gasteiger charge is 2.12. The number of aliphatic hydroxyl groups is 1. The molecular weight excluding hydrogens is 238 g/mol. The second-order valence-corrected chi connectivity index (χ2v) is 4.90. The van der Waals surface area contributed by atoms with Gasteiger partial charge in [-0.2, -0.15) is 0 Å². The number of hydrogen-bond acceptors (Lipinski definition) is 3. The fraction of sp³-hybridized carbons (Fsp3) is 0.538. The minimum absolute atomic E-state index is 0. The van der Waals surface area contributed by atoms with Crippen LogP contribution in [0.25, 0.3) is 0 Å². The van der Waals surface area contributed by atoms with E-state index in [2.05, 4.69) is 0 Å². The van der Waals surface area contributed by atoms with Crippen molar-refractivity contribution in [3.63, 3.8) is 0 Å². The lowest BCUT2D eigenvalue weighted by atomic mass is 10.1. The Labute approximate surface area is 109 Å². The summed E-state index contributed by atoms with van der Waals surface area (Å²) < 4.78 is 5.71. The molecule has 0 spiro atoms. The van der Waals surface area contributed by atoms with Gasteiger partial charge in [0.25, 0.3) is 0 Å². The van der Waals surface area contributed by atoms with E-state index in [-0.39, 0.29) is 30.7 Å². The van der Waals surface area contributed by atoms with Crippen LogP contribution in [-0.2, 0) is 0 Å². The van der Waals surface area contributed by atoms with Crippen LogP contribution in [0.4, 0.5) is 0 Å². The molecule has 0 fully saturated rings. The van der Waals surface area contributed by atoms with Crippen LogP contribution in [-0.4, -0.2) is 17.3 Å². The molecule has 0 aliphatic carbocycles. The van der Waals surface area contributed by atoms with Gasteiger partial charge in [-0.25, -0.2) is 0 Å². The van der Waals surface area contributed by atoms with Gasteiger partial charge >= 0.3 is 0 Å². The van der Waals surface area contributed by atoms with Crippen molar-refractivity contribution in [1.29, 1.82) is 0 Å². The molecule has 0 heterocycles. The molecule has 17 heavy (non-hydrogen) atoms. The maximum Gasteiger partial charge on any atom is 0.120 e. The second-order valence-electron chi connectivity index (χ2n) is 4.90. The zero-order chi connectivity index (χ0) is 12.2. The summed E-state index contributed by atoms with van der Waals surface area (Å²) >= 11 is 0. The fourth-order valence-electron chi connectivity index (χ4n) is 1.44. The predicted molar refractivity (Wildman–Crippen MR) is 72.7 cm³/mol. The van der Waals surface area contributed by atoms with Gasteiger partial charge in [0.15, 0.2) is 0 Å². The third kappa shape index (κ3) is 5.91. The van der Waals surface area contributed by atoms with Gasteiger partial charge in [-0.1, -0.05) is 12.1 Å². The molecule has 98 valence electrons. The normalized spacial score (nSPS) is 12.8. The lowest BCUT2D eigenvalue weighted by Crippen LogP contribution is -2.23. The molecule has 4 heteroatoms. The molecule has 1 aromatic carbocycles. The second kappa shape index (κ2) is 6.84. The van der Waals surface area contributed by atoms with Gasteiger partial charge in [-0.15, -0.1) is 12.4 Å². The van der Waals surface area contributed by atoms with Crippen molar-refractivity contribution in [2.75, 3.05) is 6.61 Å². The van der Waals surface area contributed by atoms with Gasteiger partial charge in [0, 0.05) is 12.6 Å². The highest BCUT2D eigenvalue weighted by atomic mass is 35.5. The Morgan fingerprint density at radius 1 is 1.24 bits per heavy atom. The first-order chi connectivity index (χ1) is 7.42. The van der Waals surface area contributed by atoms with Crippen LogP contribution < -0.4 is 10.5 Å². The van der Waals surface area contributed by atoms with E-state index in [1.54, 1.807) is 0 Å². The molecule has 0 aliphatic heterocycles. The summed E-state index contributed by atoms with van der Waals surface area (Å²) in [5, 5.41) is 8.80. The molecule has 0 saturated heterocycles. The number of aliphatic hydroxyl groups excluding tert-OH is 1. The van der Waals surface area contributed by atoms with E-state index in [0.29, 0.717) is 6.42 Å². The van der Waals surface area contributed by atoms with Crippen LogP contribution in [0.5, 0.6) is 5.75 Å². The summed E-state index contributed by atoms with van der Waals surface area (Å²) in [6.07, 6.45) is 0.583. The minimum Gasteiger partial charge on any atom is -0.488 e. The van der Waals surface area contributed by atoms with E-state index in [9.17, 15) is 0 Å². The van der Waals surface area contributed by atoms with Crippen molar-refractivity contribution in [1.82, 2.24) is 0 Å². The third-order valence-electron chi connectivity index (χ3n) is 2.17. The molecule has 0 radical (unpaired) electrons. The molecule has 1 atom stereocenters. The predicted octanol–water partition coefficient (Wildman–Crippen LogP) is 2.67. The first-order valence-corrected chi connectivity index (χ1v) is 5.58. The fourth-order valence-corrected chi connectivity index (χ4v) is 1.44. The Balaban J connectivity index is 0.00000256. The van der Waals surface area contributed by atoms with Crippen molar-refractivity contribution in [3.8, 4) is 5.75 Å². The quantitative estimate of drug-likeness (QED) is 0.874. The molecular formula is C13H22ClNO2. The maximum absolute atomic E-state index is 8.80. The zero-order valence-corrected chi connectivity index (χ0v) is 11.5. The SMILES string of the molecule is CC(C)(C)Oc1ccc(C(N)CCO)cc1.Cl. The summed E-state index contributed by atoms with van der Waals surface area (Å²) in [5.41, 5.74) is 6.72. The molecule has 3 nitrogen and oxygen atoms in total. The van der Waals surface area contributed by atoms with Crippen LogP contribution in [0.15, 0.2) is 24.3 Å². The van der Waals surface area contributed by atoms with Crippen LogP contribution in [0, 0.1) is 0 Å². The smallest absolute Gasteiger partial charge is 0.120 e. The molecule has 0 amide bonds. The monoisotopic (exact) mass is 259 g/mol. The summed E-state index contributed by atoms with van der Waals surface area (Å²) in [6.45, 7) is 6.15. The maximum atomic E-state index is 8.80. The number of nitrogens with two attached hydrogens (primary N) is 1. The van der Waals surface area contributed by atoms with Crippen molar-refractivity contribution in [3.05, 3.63) is 29.8 Å². The van der Waals surface area contributed by atoms with Gasteiger partial charge in [0.2, 0.25) is 0 Å². The van der Waals surface area contributed by atoms with Gasteiger partial charge < -0.3 is 15.6 Å². The Kier molecular flexibility index (Phi) is 6.53. The first-order valence-electron chi connectivity index (χ1n) is 5.58. The third-order valence-corrected chi connectivity index (χ3v) is 2.17.